The zero-order valence-electron chi connectivity index (χ0n) is 10.6. The molecule has 3 unspecified atom stereocenters. The highest BCUT2D eigenvalue weighted by atomic mass is 16.5. The highest BCUT2D eigenvalue weighted by molar-refractivity contribution is 5.76. The third-order valence-corrected chi connectivity index (χ3v) is 3.32. The summed E-state index contributed by atoms with van der Waals surface area (Å²) in [6.07, 6.45) is 1.60. The van der Waals surface area contributed by atoms with Crippen molar-refractivity contribution in [3.8, 4) is 0 Å². The van der Waals surface area contributed by atoms with E-state index >= 15 is 0 Å². The SMILES string of the molecule is CCC(C)C(C)NC(=O)CC1COCCN1. The van der Waals surface area contributed by atoms with Gasteiger partial charge in [0, 0.05) is 25.0 Å². The topological polar surface area (TPSA) is 50.4 Å². The molecule has 3 atom stereocenters. The first-order valence-electron chi connectivity index (χ1n) is 6.24. The van der Waals surface area contributed by atoms with E-state index in [-0.39, 0.29) is 18.0 Å². The van der Waals surface area contributed by atoms with E-state index in [0.29, 0.717) is 18.9 Å². The van der Waals surface area contributed by atoms with Crippen LogP contribution in [0.5, 0.6) is 0 Å². The second-order valence-corrected chi connectivity index (χ2v) is 4.67. The van der Waals surface area contributed by atoms with Gasteiger partial charge in [-0.2, -0.15) is 0 Å². The molecule has 2 N–H and O–H groups in total. The molecule has 4 heteroatoms. The second kappa shape index (κ2) is 6.86. The van der Waals surface area contributed by atoms with Crippen LogP contribution in [0.25, 0.3) is 0 Å². The number of amides is 1. The number of carbonyl (C=O) groups is 1. The van der Waals surface area contributed by atoms with Crippen LogP contribution in [0.4, 0.5) is 0 Å². The summed E-state index contributed by atoms with van der Waals surface area (Å²) in [5.41, 5.74) is 0. The fraction of sp³-hybridized carbons (Fsp3) is 0.917. The molecule has 0 radical (unpaired) electrons. The summed E-state index contributed by atoms with van der Waals surface area (Å²) in [7, 11) is 0. The van der Waals surface area contributed by atoms with E-state index in [2.05, 4.69) is 31.4 Å². The predicted octanol–water partition coefficient (Wildman–Crippen LogP) is 0.916. The molecule has 0 spiro atoms. The number of hydrogen-bond acceptors (Lipinski definition) is 3. The van der Waals surface area contributed by atoms with Crippen molar-refractivity contribution in [2.75, 3.05) is 19.8 Å². The van der Waals surface area contributed by atoms with Gasteiger partial charge in [0.2, 0.25) is 5.91 Å². The number of nitrogens with one attached hydrogen (secondary N) is 2. The number of ether oxygens (including phenoxy) is 1. The molecule has 1 aliphatic heterocycles. The number of morpholine rings is 1. The van der Waals surface area contributed by atoms with Gasteiger partial charge in [0.15, 0.2) is 0 Å². The quantitative estimate of drug-likeness (QED) is 0.735. The number of rotatable bonds is 5. The van der Waals surface area contributed by atoms with Crippen molar-refractivity contribution >= 4 is 5.91 Å². The lowest BCUT2D eigenvalue weighted by Crippen LogP contribution is -2.46. The van der Waals surface area contributed by atoms with E-state index in [4.69, 9.17) is 4.74 Å². The van der Waals surface area contributed by atoms with Gasteiger partial charge in [-0.15, -0.1) is 0 Å². The molecule has 0 aliphatic carbocycles. The van der Waals surface area contributed by atoms with Crippen molar-refractivity contribution in [3.63, 3.8) is 0 Å². The Balaban J connectivity index is 2.23. The Kier molecular flexibility index (Phi) is 5.77. The molecule has 0 aromatic heterocycles. The van der Waals surface area contributed by atoms with Gasteiger partial charge in [-0.25, -0.2) is 0 Å². The van der Waals surface area contributed by atoms with Crippen LogP contribution < -0.4 is 10.6 Å². The van der Waals surface area contributed by atoms with Crippen molar-refractivity contribution in [3.05, 3.63) is 0 Å². The molecular weight excluding hydrogens is 204 g/mol. The molecular formula is C12H24N2O2. The van der Waals surface area contributed by atoms with Crippen LogP contribution >= 0.6 is 0 Å². The van der Waals surface area contributed by atoms with Crippen LogP contribution in [0.1, 0.15) is 33.6 Å². The highest BCUT2D eigenvalue weighted by Crippen LogP contribution is 2.07. The zero-order valence-corrected chi connectivity index (χ0v) is 10.6. The van der Waals surface area contributed by atoms with E-state index < -0.39 is 0 Å². The van der Waals surface area contributed by atoms with Gasteiger partial charge in [-0.05, 0) is 12.8 Å². The zero-order chi connectivity index (χ0) is 12.0. The third-order valence-electron chi connectivity index (χ3n) is 3.32. The lowest BCUT2D eigenvalue weighted by atomic mass is 10.0. The molecule has 1 fully saturated rings. The first-order chi connectivity index (χ1) is 7.63. The Bertz CT molecular complexity index is 209. The van der Waals surface area contributed by atoms with Gasteiger partial charge in [0.1, 0.15) is 0 Å². The van der Waals surface area contributed by atoms with Crippen molar-refractivity contribution in [2.45, 2.75) is 45.7 Å². The first-order valence-corrected chi connectivity index (χ1v) is 6.24. The van der Waals surface area contributed by atoms with E-state index in [1.165, 1.54) is 0 Å². The second-order valence-electron chi connectivity index (χ2n) is 4.67. The van der Waals surface area contributed by atoms with Crippen molar-refractivity contribution < 1.29 is 9.53 Å². The summed E-state index contributed by atoms with van der Waals surface area (Å²) in [5.74, 6) is 0.648. The fourth-order valence-corrected chi connectivity index (χ4v) is 1.78. The summed E-state index contributed by atoms with van der Waals surface area (Å²) >= 11 is 0. The lowest BCUT2D eigenvalue weighted by Gasteiger charge is -2.25. The van der Waals surface area contributed by atoms with Crippen LogP contribution in [0.2, 0.25) is 0 Å². The number of hydrogen-bond donors (Lipinski definition) is 2. The van der Waals surface area contributed by atoms with Crippen LogP contribution in [-0.2, 0) is 9.53 Å². The van der Waals surface area contributed by atoms with Crippen molar-refractivity contribution in [1.82, 2.24) is 10.6 Å². The Labute approximate surface area is 98.1 Å². The first kappa shape index (κ1) is 13.5. The van der Waals surface area contributed by atoms with Crippen LogP contribution in [-0.4, -0.2) is 37.7 Å². The molecule has 94 valence electrons. The molecule has 1 saturated heterocycles. The average molecular weight is 228 g/mol. The molecule has 0 saturated carbocycles. The maximum absolute atomic E-state index is 11.7. The van der Waals surface area contributed by atoms with Gasteiger partial charge >= 0.3 is 0 Å². The molecule has 1 heterocycles. The molecule has 4 nitrogen and oxygen atoms in total. The minimum absolute atomic E-state index is 0.121. The Hall–Kier alpha value is -0.610. The molecule has 1 aliphatic rings. The normalized spacial score (nSPS) is 24.8. The Morgan fingerprint density at radius 3 is 2.88 bits per heavy atom. The number of carbonyl (C=O) groups excluding carboxylic acids is 1. The molecule has 1 amide bonds. The largest absolute Gasteiger partial charge is 0.378 e. The smallest absolute Gasteiger partial charge is 0.221 e. The average Bonchev–Trinajstić information content (AvgIpc) is 2.29. The van der Waals surface area contributed by atoms with Gasteiger partial charge in [0.25, 0.3) is 0 Å². The van der Waals surface area contributed by atoms with Gasteiger partial charge in [-0.3, -0.25) is 4.79 Å². The molecule has 16 heavy (non-hydrogen) atoms. The minimum atomic E-state index is 0.121. The predicted molar refractivity (Wildman–Crippen MR) is 64.3 cm³/mol. The van der Waals surface area contributed by atoms with E-state index in [9.17, 15) is 4.79 Å². The standard InChI is InChI=1S/C12H24N2O2/c1-4-9(2)10(3)14-12(15)7-11-8-16-6-5-13-11/h9-11,13H,4-8H2,1-3H3,(H,14,15). The summed E-state index contributed by atoms with van der Waals surface area (Å²) in [4.78, 5) is 11.7. The summed E-state index contributed by atoms with van der Waals surface area (Å²) in [5, 5.41) is 6.32. The van der Waals surface area contributed by atoms with Crippen LogP contribution in [0.15, 0.2) is 0 Å². The fourth-order valence-electron chi connectivity index (χ4n) is 1.78. The minimum Gasteiger partial charge on any atom is -0.378 e. The third kappa shape index (κ3) is 4.49. The monoisotopic (exact) mass is 228 g/mol. The van der Waals surface area contributed by atoms with E-state index in [1.807, 2.05) is 0 Å². The van der Waals surface area contributed by atoms with Gasteiger partial charge < -0.3 is 15.4 Å². The van der Waals surface area contributed by atoms with Crippen molar-refractivity contribution in [1.29, 1.82) is 0 Å². The highest BCUT2D eigenvalue weighted by Gasteiger charge is 2.19. The Morgan fingerprint density at radius 1 is 1.56 bits per heavy atom. The van der Waals surface area contributed by atoms with E-state index in [1.54, 1.807) is 0 Å². The van der Waals surface area contributed by atoms with Gasteiger partial charge in [0.05, 0.1) is 13.2 Å². The summed E-state index contributed by atoms with van der Waals surface area (Å²) in [6.45, 7) is 8.61. The summed E-state index contributed by atoms with van der Waals surface area (Å²) in [6, 6.07) is 0.430. The Morgan fingerprint density at radius 2 is 2.31 bits per heavy atom. The maximum atomic E-state index is 11.7. The summed E-state index contributed by atoms with van der Waals surface area (Å²) < 4.78 is 5.31. The lowest BCUT2D eigenvalue weighted by molar-refractivity contribution is -0.123. The molecule has 0 aromatic carbocycles. The maximum Gasteiger partial charge on any atom is 0.221 e. The molecule has 1 rings (SSSR count). The molecule has 0 bridgehead atoms. The van der Waals surface area contributed by atoms with Crippen molar-refractivity contribution in [2.24, 2.45) is 5.92 Å². The van der Waals surface area contributed by atoms with Crippen LogP contribution in [0.3, 0.4) is 0 Å². The van der Waals surface area contributed by atoms with Crippen LogP contribution in [0, 0.1) is 5.92 Å². The van der Waals surface area contributed by atoms with Gasteiger partial charge in [-0.1, -0.05) is 20.3 Å². The molecule has 0 aromatic rings. The van der Waals surface area contributed by atoms with E-state index in [0.717, 1.165) is 19.6 Å².